The van der Waals surface area contributed by atoms with Crippen LogP contribution in [0.5, 0.6) is 11.5 Å². The first kappa shape index (κ1) is 21.6. The average Bonchev–Trinajstić information content (AvgIpc) is 2.60. The minimum Gasteiger partial charge on any atom is -0.504 e. The van der Waals surface area contributed by atoms with Crippen LogP contribution in [-0.2, 0) is 16.1 Å². The van der Waals surface area contributed by atoms with Crippen molar-refractivity contribution in [1.29, 1.82) is 0 Å². The third-order valence-electron chi connectivity index (χ3n) is 4.89. The lowest BCUT2D eigenvalue weighted by Gasteiger charge is -2.32. The van der Waals surface area contributed by atoms with Crippen LogP contribution < -0.4 is 15.4 Å². The van der Waals surface area contributed by atoms with Gasteiger partial charge in [0.15, 0.2) is 11.5 Å². The minimum absolute atomic E-state index is 0.128. The smallest absolute Gasteiger partial charge is 0.338 e. The Morgan fingerprint density at radius 2 is 1.96 bits per heavy atom. The summed E-state index contributed by atoms with van der Waals surface area (Å²) < 4.78 is 10.8. The molecule has 0 fully saturated rings. The zero-order valence-electron chi connectivity index (χ0n) is 17.0. The molecule has 1 heterocycles. The molecule has 2 rings (SSSR count). The maximum Gasteiger partial charge on any atom is 0.338 e. The van der Waals surface area contributed by atoms with Crippen molar-refractivity contribution in [3.63, 3.8) is 0 Å². The molecule has 8 heteroatoms. The SMILES string of the molecule is COc1cc(C2NC(=O)NC(C)=C2C(=O)OC(C)C(C)(C)C)cc(CO)c1O. The molecule has 154 valence electrons. The number of urea groups is 1. The number of hydrogen-bond donors (Lipinski definition) is 4. The number of methoxy groups -OCH3 is 1. The molecule has 8 nitrogen and oxygen atoms in total. The maximum atomic E-state index is 12.9. The van der Waals surface area contributed by atoms with E-state index in [2.05, 4.69) is 10.6 Å². The number of carbonyl (C=O) groups excluding carboxylic acids is 2. The molecule has 0 saturated heterocycles. The summed E-state index contributed by atoms with van der Waals surface area (Å²) in [7, 11) is 1.38. The first-order valence-corrected chi connectivity index (χ1v) is 8.99. The summed E-state index contributed by atoms with van der Waals surface area (Å²) in [6, 6.07) is 1.73. The van der Waals surface area contributed by atoms with Crippen LogP contribution in [0.1, 0.15) is 51.8 Å². The molecule has 0 aliphatic carbocycles. The molecule has 1 aliphatic heterocycles. The van der Waals surface area contributed by atoms with Crippen LogP contribution in [0.4, 0.5) is 4.79 Å². The van der Waals surface area contributed by atoms with Gasteiger partial charge in [-0.3, -0.25) is 0 Å². The van der Waals surface area contributed by atoms with Gasteiger partial charge in [0, 0.05) is 11.3 Å². The Kier molecular flexibility index (Phi) is 6.23. The molecule has 0 spiro atoms. The van der Waals surface area contributed by atoms with Gasteiger partial charge in [0.2, 0.25) is 0 Å². The zero-order valence-corrected chi connectivity index (χ0v) is 17.0. The van der Waals surface area contributed by atoms with E-state index in [9.17, 15) is 19.8 Å². The van der Waals surface area contributed by atoms with E-state index in [1.807, 2.05) is 27.7 Å². The molecular formula is C20H28N2O6. The monoisotopic (exact) mass is 392 g/mol. The van der Waals surface area contributed by atoms with Crippen molar-refractivity contribution in [3.05, 3.63) is 34.5 Å². The van der Waals surface area contributed by atoms with Gasteiger partial charge in [-0.05, 0) is 37.0 Å². The molecular weight excluding hydrogens is 364 g/mol. The van der Waals surface area contributed by atoms with Gasteiger partial charge < -0.3 is 30.3 Å². The Balaban J connectivity index is 2.50. The van der Waals surface area contributed by atoms with Crippen molar-refractivity contribution >= 4 is 12.0 Å². The predicted molar refractivity (Wildman–Crippen MR) is 103 cm³/mol. The number of benzene rings is 1. The lowest BCUT2D eigenvalue weighted by atomic mass is 9.90. The van der Waals surface area contributed by atoms with E-state index in [1.165, 1.54) is 19.2 Å². The van der Waals surface area contributed by atoms with Crippen molar-refractivity contribution < 1.29 is 29.3 Å². The fourth-order valence-electron chi connectivity index (χ4n) is 2.75. The third-order valence-corrected chi connectivity index (χ3v) is 4.89. The van der Waals surface area contributed by atoms with Gasteiger partial charge in [-0.2, -0.15) is 0 Å². The fourth-order valence-corrected chi connectivity index (χ4v) is 2.75. The second-order valence-electron chi connectivity index (χ2n) is 7.87. The summed E-state index contributed by atoms with van der Waals surface area (Å²) in [5.74, 6) is -0.627. The number of allylic oxidation sites excluding steroid dienone is 1. The van der Waals surface area contributed by atoms with Gasteiger partial charge >= 0.3 is 12.0 Å². The highest BCUT2D eigenvalue weighted by Gasteiger charge is 2.35. The molecule has 0 bridgehead atoms. The van der Waals surface area contributed by atoms with Gasteiger partial charge in [-0.1, -0.05) is 20.8 Å². The molecule has 28 heavy (non-hydrogen) atoms. The Labute approximate surface area is 164 Å². The number of rotatable bonds is 5. The van der Waals surface area contributed by atoms with Crippen LogP contribution in [0.25, 0.3) is 0 Å². The number of aliphatic hydroxyl groups excluding tert-OH is 1. The van der Waals surface area contributed by atoms with Crippen molar-refractivity contribution in [2.45, 2.75) is 53.4 Å². The van der Waals surface area contributed by atoms with E-state index in [-0.39, 0.29) is 34.2 Å². The van der Waals surface area contributed by atoms with Crippen LogP contribution >= 0.6 is 0 Å². The number of aliphatic hydroxyl groups is 1. The quantitative estimate of drug-likeness (QED) is 0.572. The van der Waals surface area contributed by atoms with Gasteiger partial charge in [0.05, 0.1) is 25.3 Å². The molecule has 0 saturated carbocycles. The van der Waals surface area contributed by atoms with E-state index in [0.29, 0.717) is 11.3 Å². The Hall–Kier alpha value is -2.74. The van der Waals surface area contributed by atoms with E-state index < -0.39 is 24.6 Å². The predicted octanol–water partition coefficient (Wildman–Crippen LogP) is 2.50. The van der Waals surface area contributed by atoms with Crippen molar-refractivity contribution in [1.82, 2.24) is 10.6 Å². The highest BCUT2D eigenvalue weighted by Crippen LogP contribution is 2.37. The van der Waals surface area contributed by atoms with Crippen LogP contribution in [0, 0.1) is 5.41 Å². The summed E-state index contributed by atoms with van der Waals surface area (Å²) in [6.45, 7) is 8.88. The molecule has 1 aliphatic rings. The molecule has 1 aromatic carbocycles. The summed E-state index contributed by atoms with van der Waals surface area (Å²) >= 11 is 0. The molecule has 2 atom stereocenters. The maximum absolute atomic E-state index is 12.9. The van der Waals surface area contributed by atoms with Crippen LogP contribution in [0.3, 0.4) is 0 Å². The number of amides is 2. The van der Waals surface area contributed by atoms with Crippen LogP contribution in [-0.4, -0.2) is 35.4 Å². The Morgan fingerprint density at radius 3 is 2.50 bits per heavy atom. The van der Waals surface area contributed by atoms with Gasteiger partial charge in [0.1, 0.15) is 6.10 Å². The first-order valence-electron chi connectivity index (χ1n) is 8.99. The standard InChI is InChI=1S/C20H28N2O6/c1-10-15(18(25)28-11(2)20(3,4)5)16(22-19(26)21-10)12-7-13(9-23)17(24)14(8-12)27-6/h7-8,11,16,23-24H,9H2,1-6H3,(H2,21,22,26). The molecule has 1 aromatic rings. The first-order chi connectivity index (χ1) is 13.0. The number of aromatic hydroxyl groups is 1. The number of hydrogen-bond acceptors (Lipinski definition) is 6. The normalized spacial score (nSPS) is 18.2. The molecule has 0 aromatic heterocycles. The molecule has 0 radical (unpaired) electrons. The van der Waals surface area contributed by atoms with Gasteiger partial charge in [-0.15, -0.1) is 0 Å². The molecule has 2 amide bonds. The van der Waals surface area contributed by atoms with E-state index in [1.54, 1.807) is 6.92 Å². The summed E-state index contributed by atoms with van der Waals surface area (Å²) in [5.41, 5.74) is 1.06. The summed E-state index contributed by atoms with van der Waals surface area (Å²) in [6.07, 6.45) is -0.360. The van der Waals surface area contributed by atoms with E-state index >= 15 is 0 Å². The van der Waals surface area contributed by atoms with Crippen LogP contribution in [0.2, 0.25) is 0 Å². The molecule has 2 unspecified atom stereocenters. The van der Waals surface area contributed by atoms with Crippen molar-refractivity contribution in [2.24, 2.45) is 5.41 Å². The lowest BCUT2D eigenvalue weighted by molar-refractivity contribution is -0.149. The highest BCUT2D eigenvalue weighted by molar-refractivity contribution is 5.95. The van der Waals surface area contributed by atoms with Crippen LogP contribution in [0.15, 0.2) is 23.4 Å². The average molecular weight is 392 g/mol. The number of ether oxygens (including phenoxy) is 2. The number of phenols is 1. The number of nitrogens with one attached hydrogen (secondary N) is 2. The van der Waals surface area contributed by atoms with Gasteiger partial charge in [-0.25, -0.2) is 9.59 Å². The van der Waals surface area contributed by atoms with Crippen molar-refractivity contribution in [2.75, 3.05) is 7.11 Å². The Morgan fingerprint density at radius 1 is 1.32 bits per heavy atom. The second kappa shape index (κ2) is 8.10. The summed E-state index contributed by atoms with van der Waals surface area (Å²) in [4.78, 5) is 25.0. The van der Waals surface area contributed by atoms with E-state index in [4.69, 9.17) is 9.47 Å². The lowest BCUT2D eigenvalue weighted by Crippen LogP contribution is -2.46. The number of esters is 1. The third kappa shape index (κ3) is 4.39. The van der Waals surface area contributed by atoms with E-state index in [0.717, 1.165) is 0 Å². The van der Waals surface area contributed by atoms with Gasteiger partial charge in [0.25, 0.3) is 0 Å². The Bertz CT molecular complexity index is 784. The zero-order chi connectivity index (χ0) is 21.2. The number of carbonyl (C=O) groups is 2. The topological polar surface area (TPSA) is 117 Å². The largest absolute Gasteiger partial charge is 0.504 e. The molecule has 4 N–H and O–H groups in total. The second-order valence-corrected chi connectivity index (χ2v) is 7.87. The fraction of sp³-hybridized carbons (Fsp3) is 0.500. The highest BCUT2D eigenvalue weighted by atomic mass is 16.5. The van der Waals surface area contributed by atoms with Crippen molar-refractivity contribution in [3.8, 4) is 11.5 Å². The minimum atomic E-state index is -0.826. The summed E-state index contributed by atoms with van der Waals surface area (Å²) in [5, 5.41) is 24.9.